The van der Waals surface area contributed by atoms with Gasteiger partial charge in [0.1, 0.15) is 11.5 Å². The van der Waals surface area contributed by atoms with Crippen molar-refractivity contribution in [2.45, 2.75) is 13.3 Å². The van der Waals surface area contributed by atoms with E-state index in [1.165, 1.54) is 11.0 Å². The third kappa shape index (κ3) is 2.59. The monoisotopic (exact) mass is 311 g/mol. The number of hydrogen-bond acceptors (Lipinski definition) is 2. The van der Waals surface area contributed by atoms with Crippen molar-refractivity contribution < 1.29 is 9.18 Å². The van der Waals surface area contributed by atoms with Gasteiger partial charge in [-0.1, -0.05) is 19.1 Å². The van der Waals surface area contributed by atoms with Crippen LogP contribution >= 0.6 is 0 Å². The van der Waals surface area contributed by atoms with Crippen LogP contribution in [0, 0.1) is 5.82 Å². The van der Waals surface area contributed by atoms with Crippen LogP contribution in [-0.4, -0.2) is 34.9 Å². The number of halogens is 1. The first-order chi connectivity index (χ1) is 11.0. The van der Waals surface area contributed by atoms with Gasteiger partial charge in [-0.2, -0.15) is 0 Å². The lowest BCUT2D eigenvalue weighted by Gasteiger charge is -2.13. The molecule has 2 aromatic heterocycles. The number of carbonyl (C=O) groups excluding carboxylic acids is 1. The van der Waals surface area contributed by atoms with Gasteiger partial charge in [0.25, 0.3) is 5.91 Å². The van der Waals surface area contributed by atoms with E-state index in [0.717, 1.165) is 23.0 Å². The molecule has 1 amide bonds. The van der Waals surface area contributed by atoms with Gasteiger partial charge in [0, 0.05) is 43.0 Å². The molecule has 0 fully saturated rings. The molecule has 23 heavy (non-hydrogen) atoms. The number of aryl methyl sites for hydroxylation is 1. The molecular formula is C18H18FN3O. The molecule has 5 heteroatoms. The van der Waals surface area contributed by atoms with Crippen LogP contribution in [0.3, 0.4) is 0 Å². The standard InChI is InChI=1S/C18H18FN3O/c1-4-11-9-20-17-15(11)8-12(10-21-17)13-6-5-7-14(16(13)19)18(23)22(2)3/h5-10H,4H2,1-3H3,(H,20,21). The number of benzene rings is 1. The van der Waals surface area contributed by atoms with Crippen molar-refractivity contribution in [3.63, 3.8) is 0 Å². The second kappa shape index (κ2) is 5.83. The number of aromatic nitrogens is 2. The quantitative estimate of drug-likeness (QED) is 0.803. The molecule has 0 atom stereocenters. The first-order valence-corrected chi connectivity index (χ1v) is 7.49. The summed E-state index contributed by atoms with van der Waals surface area (Å²) in [7, 11) is 3.21. The summed E-state index contributed by atoms with van der Waals surface area (Å²) in [5.74, 6) is -0.866. The van der Waals surface area contributed by atoms with E-state index in [2.05, 4.69) is 16.9 Å². The highest BCUT2D eigenvalue weighted by molar-refractivity contribution is 5.96. The van der Waals surface area contributed by atoms with Crippen LogP contribution in [0.4, 0.5) is 4.39 Å². The van der Waals surface area contributed by atoms with Crippen LogP contribution in [0.1, 0.15) is 22.8 Å². The average Bonchev–Trinajstić information content (AvgIpc) is 2.96. The van der Waals surface area contributed by atoms with Crippen molar-refractivity contribution in [2.75, 3.05) is 14.1 Å². The molecule has 3 rings (SSSR count). The molecular weight excluding hydrogens is 293 g/mol. The van der Waals surface area contributed by atoms with Gasteiger partial charge in [-0.25, -0.2) is 9.37 Å². The summed E-state index contributed by atoms with van der Waals surface area (Å²) in [6.07, 6.45) is 4.41. The fraction of sp³-hybridized carbons (Fsp3) is 0.222. The van der Waals surface area contributed by atoms with Gasteiger partial charge in [0.2, 0.25) is 0 Å². The van der Waals surface area contributed by atoms with Gasteiger partial charge in [-0.05, 0) is 24.1 Å². The van der Waals surface area contributed by atoms with E-state index in [4.69, 9.17) is 0 Å². The van der Waals surface area contributed by atoms with E-state index in [1.807, 2.05) is 12.3 Å². The Morgan fingerprint density at radius 1 is 1.35 bits per heavy atom. The lowest BCUT2D eigenvalue weighted by Crippen LogP contribution is -2.22. The molecule has 0 aliphatic heterocycles. The normalized spacial score (nSPS) is 11.0. The molecule has 0 unspecified atom stereocenters. The smallest absolute Gasteiger partial charge is 0.256 e. The fourth-order valence-electron chi connectivity index (χ4n) is 2.66. The number of amides is 1. The highest BCUT2D eigenvalue weighted by Gasteiger charge is 2.18. The van der Waals surface area contributed by atoms with Crippen LogP contribution in [0.5, 0.6) is 0 Å². The predicted octanol–water partition coefficient (Wildman–Crippen LogP) is 3.63. The van der Waals surface area contributed by atoms with E-state index in [-0.39, 0.29) is 11.5 Å². The van der Waals surface area contributed by atoms with Crippen LogP contribution in [0.25, 0.3) is 22.2 Å². The third-order valence-corrected chi connectivity index (χ3v) is 3.94. The topological polar surface area (TPSA) is 49.0 Å². The number of carbonyl (C=O) groups is 1. The van der Waals surface area contributed by atoms with Crippen LogP contribution in [0.15, 0.2) is 36.7 Å². The lowest BCUT2D eigenvalue weighted by atomic mass is 10.0. The van der Waals surface area contributed by atoms with E-state index in [1.54, 1.807) is 32.4 Å². The second-order valence-electron chi connectivity index (χ2n) is 5.65. The number of hydrogen-bond donors (Lipinski definition) is 1. The summed E-state index contributed by atoms with van der Waals surface area (Å²) in [6, 6.07) is 6.78. The number of fused-ring (bicyclic) bond motifs is 1. The minimum absolute atomic E-state index is 0.0670. The van der Waals surface area contributed by atoms with Gasteiger partial charge in [0.15, 0.2) is 0 Å². The number of nitrogens with zero attached hydrogens (tertiary/aromatic N) is 2. The molecule has 3 aromatic rings. The molecule has 0 spiro atoms. The molecule has 0 aliphatic rings. The Bertz CT molecular complexity index is 883. The number of nitrogens with one attached hydrogen (secondary N) is 1. The van der Waals surface area contributed by atoms with Gasteiger partial charge < -0.3 is 9.88 Å². The summed E-state index contributed by atoms with van der Waals surface area (Å²) < 4.78 is 14.8. The van der Waals surface area contributed by atoms with Crippen molar-refractivity contribution in [3.8, 4) is 11.1 Å². The molecule has 0 bridgehead atoms. The Kier molecular flexibility index (Phi) is 3.86. The molecule has 118 valence electrons. The Morgan fingerprint density at radius 2 is 2.13 bits per heavy atom. The van der Waals surface area contributed by atoms with Crippen molar-refractivity contribution >= 4 is 16.9 Å². The van der Waals surface area contributed by atoms with Gasteiger partial charge in [-0.15, -0.1) is 0 Å². The van der Waals surface area contributed by atoms with Crippen molar-refractivity contribution in [1.29, 1.82) is 0 Å². The zero-order chi connectivity index (χ0) is 16.6. The zero-order valence-electron chi connectivity index (χ0n) is 13.4. The summed E-state index contributed by atoms with van der Waals surface area (Å²) in [6.45, 7) is 2.06. The maximum atomic E-state index is 14.8. The van der Waals surface area contributed by atoms with Crippen molar-refractivity contribution in [1.82, 2.24) is 14.9 Å². The summed E-state index contributed by atoms with van der Waals surface area (Å²) >= 11 is 0. The Morgan fingerprint density at radius 3 is 2.83 bits per heavy atom. The van der Waals surface area contributed by atoms with Gasteiger partial charge in [0.05, 0.1) is 5.56 Å². The SMILES string of the molecule is CCc1c[nH]c2ncc(-c3cccc(C(=O)N(C)C)c3F)cc12. The van der Waals surface area contributed by atoms with E-state index in [0.29, 0.717) is 11.1 Å². The first-order valence-electron chi connectivity index (χ1n) is 7.49. The number of pyridine rings is 1. The number of aromatic amines is 1. The third-order valence-electron chi connectivity index (χ3n) is 3.94. The molecule has 0 aliphatic carbocycles. The maximum Gasteiger partial charge on any atom is 0.256 e. The lowest BCUT2D eigenvalue weighted by molar-refractivity contribution is 0.0823. The molecule has 1 N–H and O–H groups in total. The summed E-state index contributed by atoms with van der Waals surface area (Å²) in [4.78, 5) is 20.9. The van der Waals surface area contributed by atoms with Crippen molar-refractivity contribution in [3.05, 3.63) is 53.6 Å². The molecule has 4 nitrogen and oxygen atoms in total. The van der Waals surface area contributed by atoms with E-state index >= 15 is 0 Å². The number of H-pyrrole nitrogens is 1. The Hall–Kier alpha value is -2.69. The highest BCUT2D eigenvalue weighted by Crippen LogP contribution is 2.28. The van der Waals surface area contributed by atoms with E-state index < -0.39 is 5.82 Å². The second-order valence-corrected chi connectivity index (χ2v) is 5.65. The van der Waals surface area contributed by atoms with Crippen LogP contribution in [0.2, 0.25) is 0 Å². The van der Waals surface area contributed by atoms with Gasteiger partial charge >= 0.3 is 0 Å². The van der Waals surface area contributed by atoms with Crippen LogP contribution in [-0.2, 0) is 6.42 Å². The average molecular weight is 311 g/mol. The molecule has 0 saturated carbocycles. The van der Waals surface area contributed by atoms with Crippen LogP contribution < -0.4 is 0 Å². The number of rotatable bonds is 3. The van der Waals surface area contributed by atoms with Gasteiger partial charge in [-0.3, -0.25) is 4.79 Å². The Balaban J connectivity index is 2.15. The molecule has 0 radical (unpaired) electrons. The first kappa shape index (κ1) is 15.2. The molecule has 1 aromatic carbocycles. The minimum Gasteiger partial charge on any atom is -0.346 e. The largest absolute Gasteiger partial charge is 0.346 e. The zero-order valence-corrected chi connectivity index (χ0v) is 13.4. The molecule has 2 heterocycles. The minimum atomic E-state index is -0.513. The maximum absolute atomic E-state index is 14.8. The van der Waals surface area contributed by atoms with E-state index in [9.17, 15) is 9.18 Å². The fourth-order valence-corrected chi connectivity index (χ4v) is 2.66. The highest BCUT2D eigenvalue weighted by atomic mass is 19.1. The molecule has 0 saturated heterocycles. The summed E-state index contributed by atoms with van der Waals surface area (Å²) in [5, 5.41) is 0.980. The van der Waals surface area contributed by atoms with Crippen molar-refractivity contribution in [2.24, 2.45) is 0 Å². The Labute approximate surface area is 134 Å². The summed E-state index contributed by atoms with van der Waals surface area (Å²) in [5.41, 5.74) is 3.03. The predicted molar refractivity (Wildman–Crippen MR) is 88.9 cm³/mol.